The van der Waals surface area contributed by atoms with Crippen molar-refractivity contribution < 1.29 is 23.8 Å². The quantitative estimate of drug-likeness (QED) is 0.290. The molecular weight excluding hydrogens is 548 g/mol. The zero-order chi connectivity index (χ0) is 30.2. The first-order valence-corrected chi connectivity index (χ1v) is 15.1. The van der Waals surface area contributed by atoms with Gasteiger partial charge in [0.15, 0.2) is 12.2 Å². The number of ether oxygens (including phenoxy) is 1. The van der Waals surface area contributed by atoms with E-state index in [0.717, 1.165) is 51.1 Å². The highest BCUT2D eigenvalue weighted by Gasteiger charge is 2.28. The predicted molar refractivity (Wildman–Crippen MR) is 162 cm³/mol. The molecule has 1 atom stereocenters. The van der Waals surface area contributed by atoms with E-state index in [9.17, 15) is 14.7 Å². The average molecular weight is 591 g/mol. The summed E-state index contributed by atoms with van der Waals surface area (Å²) in [7, 11) is 0. The Hall–Kier alpha value is -3.96. The van der Waals surface area contributed by atoms with Gasteiger partial charge < -0.3 is 29.8 Å². The minimum Gasteiger partial charge on any atom is -0.486 e. The maximum atomic E-state index is 13.0. The molecule has 11 heteroatoms. The third-order valence-corrected chi connectivity index (χ3v) is 8.01. The summed E-state index contributed by atoms with van der Waals surface area (Å²) in [6.45, 7) is 7.63. The summed E-state index contributed by atoms with van der Waals surface area (Å²) >= 11 is 0. The Balaban J connectivity index is 1.07. The molecule has 1 aromatic carbocycles. The molecule has 2 aliphatic rings. The maximum Gasteiger partial charge on any atom is 0.251 e. The van der Waals surface area contributed by atoms with Crippen molar-refractivity contribution in [2.24, 2.45) is 0 Å². The van der Waals surface area contributed by atoms with Crippen LogP contribution in [-0.2, 0) is 24.4 Å². The average Bonchev–Trinajstić information content (AvgIpc) is 3.53. The number of likely N-dealkylation sites (tertiary alicyclic amines) is 1. The third-order valence-electron chi connectivity index (χ3n) is 8.01. The molecule has 2 aromatic heterocycles. The van der Waals surface area contributed by atoms with Crippen LogP contribution in [0.5, 0.6) is 5.75 Å². The van der Waals surface area contributed by atoms with Crippen LogP contribution in [0.2, 0.25) is 0 Å². The molecule has 4 heterocycles. The Morgan fingerprint density at radius 3 is 2.77 bits per heavy atom. The van der Waals surface area contributed by atoms with Gasteiger partial charge in [0.25, 0.3) is 5.91 Å². The van der Waals surface area contributed by atoms with E-state index >= 15 is 0 Å². The van der Waals surface area contributed by atoms with Gasteiger partial charge in [0.05, 0.1) is 11.8 Å². The second-order valence-electron chi connectivity index (χ2n) is 11.8. The van der Waals surface area contributed by atoms with Gasteiger partial charge in [0, 0.05) is 63.5 Å². The first kappa shape index (κ1) is 30.5. The third kappa shape index (κ3) is 8.55. The maximum absolute atomic E-state index is 13.0. The first-order valence-electron chi connectivity index (χ1n) is 15.1. The zero-order valence-corrected chi connectivity index (χ0v) is 25.1. The molecule has 230 valence electrons. The highest BCUT2D eigenvalue weighted by molar-refractivity contribution is 5.94. The number of oxazole rings is 1. The number of carbonyl (C=O) groups excluding carboxylic acids is 2. The smallest absolute Gasteiger partial charge is 0.251 e. The van der Waals surface area contributed by atoms with Crippen molar-refractivity contribution in [1.82, 2.24) is 25.1 Å². The molecule has 0 aliphatic carbocycles. The van der Waals surface area contributed by atoms with Crippen LogP contribution in [-0.4, -0.2) is 81.1 Å². The van der Waals surface area contributed by atoms with Gasteiger partial charge in [-0.25, -0.2) is 9.97 Å². The van der Waals surface area contributed by atoms with Crippen molar-refractivity contribution in [3.8, 4) is 5.75 Å². The normalized spacial score (nSPS) is 17.1. The number of fused-ring (bicyclic) bond motifs is 1. The number of piperidine rings is 1. The highest BCUT2D eigenvalue weighted by Crippen LogP contribution is 2.25. The van der Waals surface area contributed by atoms with Gasteiger partial charge in [0.2, 0.25) is 5.91 Å². The number of aromatic nitrogens is 2. The lowest BCUT2D eigenvalue weighted by atomic mass is 9.97. The largest absolute Gasteiger partial charge is 0.486 e. The van der Waals surface area contributed by atoms with Crippen molar-refractivity contribution >= 4 is 17.6 Å². The highest BCUT2D eigenvalue weighted by atomic mass is 16.5. The van der Waals surface area contributed by atoms with Gasteiger partial charge in [-0.1, -0.05) is 13.0 Å². The minimum absolute atomic E-state index is 0.124. The van der Waals surface area contributed by atoms with E-state index in [2.05, 4.69) is 37.6 Å². The summed E-state index contributed by atoms with van der Waals surface area (Å²) in [4.78, 5) is 37.6. The van der Waals surface area contributed by atoms with E-state index in [1.54, 1.807) is 31.5 Å². The lowest BCUT2D eigenvalue weighted by molar-refractivity contribution is -0.132. The summed E-state index contributed by atoms with van der Waals surface area (Å²) in [5.74, 6) is 2.06. The molecule has 3 N–H and O–H groups in total. The fourth-order valence-corrected chi connectivity index (χ4v) is 5.70. The Morgan fingerprint density at radius 1 is 1.16 bits per heavy atom. The van der Waals surface area contributed by atoms with E-state index < -0.39 is 5.60 Å². The lowest BCUT2D eigenvalue weighted by Crippen LogP contribution is -2.49. The number of carbonyl (C=O) groups is 2. The number of hydrogen-bond acceptors (Lipinski definition) is 9. The van der Waals surface area contributed by atoms with Gasteiger partial charge in [0.1, 0.15) is 18.2 Å². The Morgan fingerprint density at radius 2 is 2.00 bits per heavy atom. The fourth-order valence-electron chi connectivity index (χ4n) is 5.70. The van der Waals surface area contributed by atoms with Gasteiger partial charge in [-0.15, -0.1) is 0 Å². The molecule has 0 saturated carbocycles. The molecule has 2 amide bonds. The van der Waals surface area contributed by atoms with Crippen LogP contribution in [0.1, 0.15) is 66.8 Å². The first-order chi connectivity index (χ1) is 20.8. The van der Waals surface area contributed by atoms with Crippen molar-refractivity contribution in [2.75, 3.05) is 38.0 Å². The molecule has 0 spiro atoms. The lowest BCUT2D eigenvalue weighted by Gasteiger charge is -2.35. The number of pyridine rings is 1. The van der Waals surface area contributed by atoms with Crippen LogP contribution in [0.4, 0.5) is 5.82 Å². The zero-order valence-electron chi connectivity index (χ0n) is 25.1. The monoisotopic (exact) mass is 590 g/mol. The molecule has 3 aromatic rings. The molecule has 11 nitrogen and oxygen atoms in total. The molecule has 43 heavy (non-hydrogen) atoms. The van der Waals surface area contributed by atoms with Crippen molar-refractivity contribution in [2.45, 2.75) is 70.7 Å². The Kier molecular flexibility index (Phi) is 9.93. The number of nitrogens with one attached hydrogen (secondary N) is 2. The SMILES string of the molecule is CCCC(=O)N1CCC(Nc2cc(C(=O)NC[C@@](C)(O)CN3CCc4cc(OCc5cnco5)ccc4C3)ccn2)CC1. The molecular formula is C32H42N6O5. The van der Waals surface area contributed by atoms with Crippen LogP contribution in [0.25, 0.3) is 0 Å². The molecule has 0 bridgehead atoms. The standard InChI is InChI=1S/C32H42N6O5/c1-3-4-30(39)38-13-9-26(10-14-38)36-29-16-24(7-11-34-29)31(40)35-20-32(2,41)21-37-12-8-23-15-27(6-5-25(23)18-37)42-19-28-17-33-22-43-28/h5-7,11,15-17,22,26,41H,3-4,8-10,12-14,18-21H2,1-2H3,(H,34,36)(H,35,40)/t32-/m1/s1. The van der Waals surface area contributed by atoms with Crippen LogP contribution >= 0.6 is 0 Å². The molecule has 2 aliphatic heterocycles. The van der Waals surface area contributed by atoms with Gasteiger partial charge >= 0.3 is 0 Å². The number of β-amino-alcohol motifs (C(OH)–C–C–N with tert-alkyl or cyclic N) is 1. The summed E-state index contributed by atoms with van der Waals surface area (Å²) < 4.78 is 11.1. The summed E-state index contributed by atoms with van der Waals surface area (Å²) in [5, 5.41) is 17.5. The predicted octanol–water partition coefficient (Wildman–Crippen LogP) is 3.39. The number of hydrogen-bond donors (Lipinski definition) is 3. The van der Waals surface area contributed by atoms with Crippen molar-refractivity contribution in [3.63, 3.8) is 0 Å². The Labute approximate surface area is 252 Å². The Bertz CT molecular complexity index is 1370. The van der Waals surface area contributed by atoms with E-state index in [-0.39, 0.29) is 24.4 Å². The molecule has 0 unspecified atom stereocenters. The number of nitrogens with zero attached hydrogens (tertiary/aromatic N) is 4. The van der Waals surface area contributed by atoms with Gasteiger partial charge in [-0.05, 0) is 68.0 Å². The van der Waals surface area contributed by atoms with Crippen LogP contribution in [0.15, 0.2) is 53.5 Å². The van der Waals surface area contributed by atoms with Gasteiger partial charge in [-0.2, -0.15) is 0 Å². The number of anilines is 1. The van der Waals surface area contributed by atoms with Crippen LogP contribution in [0, 0.1) is 0 Å². The molecule has 1 fully saturated rings. The van der Waals surface area contributed by atoms with Crippen molar-refractivity contribution in [1.29, 1.82) is 0 Å². The van der Waals surface area contributed by atoms with Crippen molar-refractivity contribution in [3.05, 3.63) is 71.6 Å². The number of amides is 2. The van der Waals surface area contributed by atoms with E-state index in [1.807, 2.05) is 17.9 Å². The second-order valence-corrected chi connectivity index (χ2v) is 11.8. The minimum atomic E-state index is -1.11. The fraction of sp³-hybridized carbons (Fsp3) is 0.500. The summed E-state index contributed by atoms with van der Waals surface area (Å²) in [6, 6.07) is 9.70. The molecule has 5 rings (SSSR count). The van der Waals surface area contributed by atoms with Crippen LogP contribution < -0.4 is 15.4 Å². The second kappa shape index (κ2) is 14.0. The topological polar surface area (TPSA) is 133 Å². The number of benzene rings is 1. The van der Waals surface area contributed by atoms with E-state index in [0.29, 0.717) is 43.3 Å². The van der Waals surface area contributed by atoms with E-state index in [1.165, 1.54) is 17.5 Å². The summed E-state index contributed by atoms with van der Waals surface area (Å²) in [5.41, 5.74) is 1.81. The number of rotatable bonds is 12. The van der Waals surface area contributed by atoms with E-state index in [4.69, 9.17) is 9.15 Å². The summed E-state index contributed by atoms with van der Waals surface area (Å²) in [6.07, 6.45) is 8.64. The number of aliphatic hydroxyl groups is 1. The van der Waals surface area contributed by atoms with Gasteiger partial charge in [-0.3, -0.25) is 14.5 Å². The van der Waals surface area contributed by atoms with Crippen LogP contribution in [0.3, 0.4) is 0 Å². The molecule has 0 radical (unpaired) electrons. The molecule has 1 saturated heterocycles.